The zero-order chi connectivity index (χ0) is 27.8. The summed E-state index contributed by atoms with van der Waals surface area (Å²) < 4.78 is 5.32. The Balaban J connectivity index is 2.55. The molecule has 2 aromatic carbocycles. The maximum atomic E-state index is 13.9. The number of carbonyl (C=O) groups excluding carboxylic acids is 3. The number of amides is 3. The van der Waals surface area contributed by atoms with Gasteiger partial charge < -0.3 is 20.3 Å². The van der Waals surface area contributed by atoms with Crippen molar-refractivity contribution < 1.29 is 19.1 Å². The summed E-state index contributed by atoms with van der Waals surface area (Å²) in [6.45, 7) is 9.10. The highest BCUT2D eigenvalue weighted by molar-refractivity contribution is 7.80. The number of hydrogen-bond donors (Lipinski definition) is 3. The fourth-order valence-corrected chi connectivity index (χ4v) is 4.26. The number of thiol groups is 1. The second-order valence-electron chi connectivity index (χ2n) is 9.47. The number of ether oxygens (including phenoxy) is 1. The lowest BCUT2D eigenvalue weighted by molar-refractivity contribution is -0.140. The number of para-hydroxylation sites is 1. The molecule has 2 rings (SSSR count). The van der Waals surface area contributed by atoms with Gasteiger partial charge in [-0.3, -0.25) is 9.59 Å². The van der Waals surface area contributed by atoms with Crippen LogP contribution in [0.25, 0.3) is 0 Å². The molecular weight excluding hydrogens is 510 g/mol. The van der Waals surface area contributed by atoms with Gasteiger partial charge in [-0.15, -0.1) is 6.42 Å². The topological polar surface area (TPSA) is 87.7 Å². The number of benzene rings is 2. The van der Waals surface area contributed by atoms with Crippen LogP contribution in [0.3, 0.4) is 0 Å². The summed E-state index contributed by atoms with van der Waals surface area (Å²) >= 11 is 10.7. The Morgan fingerprint density at radius 1 is 1.16 bits per heavy atom. The van der Waals surface area contributed by atoms with E-state index in [2.05, 4.69) is 29.2 Å². The predicted octanol–water partition coefficient (Wildman–Crippen LogP) is 5.37. The van der Waals surface area contributed by atoms with E-state index in [0.717, 1.165) is 5.56 Å². The highest BCUT2D eigenvalue weighted by atomic mass is 35.5. The van der Waals surface area contributed by atoms with Crippen LogP contribution in [0.4, 0.5) is 10.5 Å². The van der Waals surface area contributed by atoms with E-state index in [-0.39, 0.29) is 12.3 Å². The number of anilines is 1. The second kappa shape index (κ2) is 13.4. The maximum Gasteiger partial charge on any atom is 0.408 e. The van der Waals surface area contributed by atoms with Gasteiger partial charge in [-0.1, -0.05) is 54.8 Å². The van der Waals surface area contributed by atoms with Gasteiger partial charge in [0.2, 0.25) is 5.91 Å². The number of nitrogens with one attached hydrogen (secondary N) is 2. The van der Waals surface area contributed by atoms with Crippen molar-refractivity contribution in [2.45, 2.75) is 58.7 Å². The number of hydrogen-bond acceptors (Lipinski definition) is 5. The molecule has 0 saturated heterocycles. The van der Waals surface area contributed by atoms with Crippen molar-refractivity contribution in [2.75, 3.05) is 17.6 Å². The Bertz CT molecular complexity index is 1150. The molecule has 198 valence electrons. The summed E-state index contributed by atoms with van der Waals surface area (Å²) in [6, 6.07) is 10.1. The Morgan fingerprint density at radius 3 is 2.41 bits per heavy atom. The first-order valence-electron chi connectivity index (χ1n) is 12.0. The first-order chi connectivity index (χ1) is 17.4. The minimum Gasteiger partial charge on any atom is -0.444 e. The number of halogens is 1. The van der Waals surface area contributed by atoms with Gasteiger partial charge in [0.15, 0.2) is 0 Å². The van der Waals surface area contributed by atoms with E-state index in [1.165, 1.54) is 4.90 Å². The zero-order valence-electron chi connectivity index (χ0n) is 21.8. The molecule has 3 amide bonds. The van der Waals surface area contributed by atoms with Gasteiger partial charge in [0.05, 0.1) is 10.7 Å². The third kappa shape index (κ3) is 8.17. The number of rotatable bonds is 9. The summed E-state index contributed by atoms with van der Waals surface area (Å²) in [5.41, 5.74) is 1.40. The van der Waals surface area contributed by atoms with E-state index < -0.39 is 35.6 Å². The maximum absolute atomic E-state index is 13.9. The minimum absolute atomic E-state index is 0.00691. The Kier molecular flexibility index (Phi) is 10.9. The van der Waals surface area contributed by atoms with E-state index in [4.69, 9.17) is 22.8 Å². The molecule has 7 nitrogen and oxygen atoms in total. The van der Waals surface area contributed by atoms with E-state index in [9.17, 15) is 14.4 Å². The smallest absolute Gasteiger partial charge is 0.408 e. The van der Waals surface area contributed by atoms with E-state index in [0.29, 0.717) is 28.3 Å². The molecule has 0 bridgehead atoms. The number of carbonyl (C=O) groups is 3. The van der Waals surface area contributed by atoms with Crippen LogP contribution in [0, 0.1) is 19.3 Å². The summed E-state index contributed by atoms with van der Waals surface area (Å²) in [5, 5.41) is 5.83. The van der Waals surface area contributed by atoms with Crippen LogP contribution < -0.4 is 10.6 Å². The standard InChI is InChI=1S/C28H34ClN3O4S/c1-7-16-32(26(34)22(17-37)30-27(35)36-28(4,5)6)24(20-14-10-9-13-19(20)8-2)25(33)31-23-18(3)12-11-15-21(23)29/h2,9-15,22,24,37H,7,16-17H2,1,3-6H3,(H,30,35)(H,31,33). The molecule has 2 aromatic rings. The van der Waals surface area contributed by atoms with Crippen molar-refractivity contribution in [1.29, 1.82) is 0 Å². The Hall–Kier alpha value is -3.15. The quantitative estimate of drug-likeness (QED) is 0.293. The number of nitrogens with zero attached hydrogens (tertiary/aromatic N) is 1. The first kappa shape index (κ1) is 30.1. The molecule has 0 spiro atoms. The van der Waals surface area contributed by atoms with Crippen molar-refractivity contribution in [2.24, 2.45) is 0 Å². The van der Waals surface area contributed by atoms with Crippen LogP contribution in [0.15, 0.2) is 42.5 Å². The zero-order valence-corrected chi connectivity index (χ0v) is 23.5. The monoisotopic (exact) mass is 543 g/mol. The second-order valence-corrected chi connectivity index (χ2v) is 10.2. The molecule has 0 aromatic heterocycles. The van der Waals surface area contributed by atoms with Crippen LogP contribution in [0.2, 0.25) is 5.02 Å². The Morgan fingerprint density at radius 2 is 1.84 bits per heavy atom. The van der Waals surface area contributed by atoms with Crippen molar-refractivity contribution in [3.8, 4) is 12.3 Å². The van der Waals surface area contributed by atoms with Crippen molar-refractivity contribution in [3.05, 3.63) is 64.2 Å². The fourth-order valence-electron chi connectivity index (χ4n) is 3.74. The molecule has 0 fully saturated rings. The molecule has 0 saturated carbocycles. The summed E-state index contributed by atoms with van der Waals surface area (Å²) in [6.07, 6.45) is 5.55. The van der Waals surface area contributed by atoms with Gasteiger partial charge in [-0.25, -0.2) is 4.79 Å². The van der Waals surface area contributed by atoms with Crippen LogP contribution in [0.5, 0.6) is 0 Å². The predicted molar refractivity (Wildman–Crippen MR) is 151 cm³/mol. The molecule has 0 radical (unpaired) electrons. The largest absolute Gasteiger partial charge is 0.444 e. The lowest BCUT2D eigenvalue weighted by Gasteiger charge is -2.34. The number of aryl methyl sites for hydroxylation is 1. The molecule has 0 aliphatic rings. The third-order valence-electron chi connectivity index (χ3n) is 5.36. The van der Waals surface area contributed by atoms with Gasteiger partial charge >= 0.3 is 6.09 Å². The average molecular weight is 544 g/mol. The molecule has 2 unspecified atom stereocenters. The SMILES string of the molecule is C#Cc1ccccc1C(C(=O)Nc1c(C)cccc1Cl)N(CCC)C(=O)C(CS)NC(=O)OC(C)(C)C. The number of alkyl carbamates (subject to hydrolysis) is 1. The lowest BCUT2D eigenvalue weighted by atomic mass is 9.97. The highest BCUT2D eigenvalue weighted by Gasteiger charge is 2.36. The lowest BCUT2D eigenvalue weighted by Crippen LogP contribution is -2.53. The minimum atomic E-state index is -1.10. The van der Waals surface area contributed by atoms with Crippen molar-refractivity contribution in [1.82, 2.24) is 10.2 Å². The molecular formula is C28H34ClN3O4S. The van der Waals surface area contributed by atoms with E-state index >= 15 is 0 Å². The van der Waals surface area contributed by atoms with Crippen LogP contribution in [-0.4, -0.2) is 46.7 Å². The van der Waals surface area contributed by atoms with Gasteiger partial charge in [-0.2, -0.15) is 12.6 Å². The molecule has 0 heterocycles. The fraction of sp³-hybridized carbons (Fsp3) is 0.393. The van der Waals surface area contributed by atoms with E-state index in [1.54, 1.807) is 57.2 Å². The highest BCUT2D eigenvalue weighted by Crippen LogP contribution is 2.30. The molecule has 9 heteroatoms. The first-order valence-corrected chi connectivity index (χ1v) is 13.0. The van der Waals surface area contributed by atoms with Gasteiger partial charge in [0.25, 0.3) is 5.91 Å². The summed E-state index contributed by atoms with van der Waals surface area (Å²) in [5.74, 6) is 1.61. The van der Waals surface area contributed by atoms with Crippen molar-refractivity contribution in [3.63, 3.8) is 0 Å². The van der Waals surface area contributed by atoms with Gasteiger partial charge in [-0.05, 0) is 57.4 Å². The molecule has 0 aliphatic heterocycles. The Labute approximate surface area is 229 Å². The van der Waals surface area contributed by atoms with Crippen molar-refractivity contribution >= 4 is 47.8 Å². The summed E-state index contributed by atoms with van der Waals surface area (Å²) in [7, 11) is 0. The van der Waals surface area contributed by atoms with Crippen LogP contribution >= 0.6 is 24.2 Å². The molecule has 2 N–H and O–H groups in total. The average Bonchev–Trinajstić information content (AvgIpc) is 2.83. The van der Waals surface area contributed by atoms with Gasteiger partial charge in [0.1, 0.15) is 17.7 Å². The molecule has 0 aliphatic carbocycles. The molecule has 2 atom stereocenters. The number of terminal acetylenes is 1. The third-order valence-corrected chi connectivity index (χ3v) is 6.04. The normalized spacial score (nSPS) is 12.6. The van der Waals surface area contributed by atoms with Crippen LogP contribution in [0.1, 0.15) is 56.8 Å². The molecule has 37 heavy (non-hydrogen) atoms. The summed E-state index contributed by atoms with van der Waals surface area (Å²) in [4.78, 5) is 41.5. The van der Waals surface area contributed by atoms with E-state index in [1.807, 2.05) is 19.9 Å². The van der Waals surface area contributed by atoms with Crippen LogP contribution in [-0.2, 0) is 14.3 Å². The van der Waals surface area contributed by atoms with Gasteiger partial charge in [0, 0.05) is 17.9 Å².